The van der Waals surface area contributed by atoms with Crippen LogP contribution in [0, 0.1) is 6.92 Å². The number of anilines is 1. The zero-order valence-electron chi connectivity index (χ0n) is 18.4. The Morgan fingerprint density at radius 3 is 2.42 bits per heavy atom. The molecule has 0 atom stereocenters. The van der Waals surface area contributed by atoms with Gasteiger partial charge in [-0.1, -0.05) is 24.3 Å². The predicted molar refractivity (Wildman–Crippen MR) is 122 cm³/mol. The molecule has 3 rings (SSSR count). The lowest BCUT2D eigenvalue weighted by Gasteiger charge is -2.36. The number of hydrogen-bond acceptors (Lipinski definition) is 5. The molecule has 2 aromatic carbocycles. The number of piperazine rings is 1. The molecule has 0 aliphatic carbocycles. The molecule has 7 nitrogen and oxygen atoms in total. The van der Waals surface area contributed by atoms with Crippen molar-refractivity contribution < 1.29 is 17.9 Å². The van der Waals surface area contributed by atoms with Crippen LogP contribution in [0.3, 0.4) is 0 Å². The van der Waals surface area contributed by atoms with Crippen LogP contribution in [0.1, 0.15) is 29.8 Å². The van der Waals surface area contributed by atoms with Gasteiger partial charge in [-0.05, 0) is 50.6 Å². The predicted octanol–water partition coefficient (Wildman–Crippen LogP) is 3.17. The van der Waals surface area contributed by atoms with Crippen molar-refractivity contribution in [2.75, 3.05) is 38.2 Å². The Morgan fingerprint density at radius 2 is 1.77 bits per heavy atom. The number of amides is 1. The number of carbonyl (C=O) groups excluding carboxylic acids is 1. The smallest absolute Gasteiger partial charge is 0.261 e. The van der Waals surface area contributed by atoms with Gasteiger partial charge in [-0.25, -0.2) is 8.42 Å². The molecule has 0 unspecified atom stereocenters. The normalized spacial score (nSPS) is 15.0. The Kier molecular flexibility index (Phi) is 6.90. The van der Waals surface area contributed by atoms with Crippen LogP contribution in [0.4, 0.5) is 5.69 Å². The summed E-state index contributed by atoms with van der Waals surface area (Å²) in [6, 6.07) is 12.5. The number of benzene rings is 2. The van der Waals surface area contributed by atoms with E-state index in [4.69, 9.17) is 4.74 Å². The first-order chi connectivity index (χ1) is 14.8. The van der Waals surface area contributed by atoms with Crippen LogP contribution in [0.2, 0.25) is 0 Å². The Bertz CT molecular complexity index is 1090. The third-order valence-corrected chi connectivity index (χ3v) is 6.94. The molecule has 0 saturated carbocycles. The third-order valence-electron chi connectivity index (χ3n) is 5.47. The maximum Gasteiger partial charge on any atom is 0.261 e. The number of aryl methyl sites for hydroxylation is 1. The van der Waals surface area contributed by atoms with Gasteiger partial charge in [0.15, 0.2) is 0 Å². The number of nitrogens with zero attached hydrogens (tertiary/aromatic N) is 2. The van der Waals surface area contributed by atoms with Gasteiger partial charge in [-0.2, -0.15) is 0 Å². The van der Waals surface area contributed by atoms with Gasteiger partial charge in [0, 0.05) is 37.4 Å². The summed E-state index contributed by atoms with van der Waals surface area (Å²) in [7, 11) is -2.09. The molecule has 1 aliphatic heterocycles. The molecule has 8 heteroatoms. The molecule has 1 N–H and O–H groups in total. The molecule has 166 valence electrons. The number of rotatable bonds is 6. The van der Waals surface area contributed by atoms with Gasteiger partial charge >= 0.3 is 0 Å². The number of methoxy groups -OCH3 is 1. The molecule has 2 aromatic rings. The number of hydrogen-bond donors (Lipinski definition) is 1. The monoisotopic (exact) mass is 443 g/mol. The van der Waals surface area contributed by atoms with E-state index in [-0.39, 0.29) is 10.8 Å². The zero-order valence-corrected chi connectivity index (χ0v) is 19.2. The van der Waals surface area contributed by atoms with Crippen LogP contribution in [0.5, 0.6) is 5.75 Å². The topological polar surface area (TPSA) is 79.0 Å². The average Bonchev–Trinajstić information content (AvgIpc) is 2.78. The fourth-order valence-corrected chi connectivity index (χ4v) is 4.72. The Labute approximate surface area is 184 Å². The van der Waals surface area contributed by atoms with E-state index in [1.165, 1.54) is 12.1 Å². The molecule has 1 saturated heterocycles. The van der Waals surface area contributed by atoms with Crippen LogP contribution < -0.4 is 14.4 Å². The zero-order chi connectivity index (χ0) is 22.6. The molecule has 31 heavy (non-hydrogen) atoms. The SMILES string of the molecule is CC=C(C)NS(=O)(=O)c1ccc(C)c(C(=O)N2CCN(c3ccccc3OC)CC2)c1. The highest BCUT2D eigenvalue weighted by atomic mass is 32.2. The molecule has 0 aromatic heterocycles. The standard InChI is InChI=1S/C23H29N3O4S/c1-5-18(3)24-31(28,29)19-11-10-17(2)20(16-19)23(27)26-14-12-25(13-15-26)21-8-6-7-9-22(21)30-4/h5-11,16,24H,12-15H2,1-4H3. The largest absolute Gasteiger partial charge is 0.495 e. The first-order valence-corrected chi connectivity index (χ1v) is 11.7. The van der Waals surface area contributed by atoms with Gasteiger partial charge < -0.3 is 14.5 Å². The molecular weight excluding hydrogens is 414 g/mol. The van der Waals surface area contributed by atoms with Crippen LogP contribution in [0.25, 0.3) is 0 Å². The molecule has 1 heterocycles. The summed E-state index contributed by atoms with van der Waals surface area (Å²) in [6.45, 7) is 7.69. The lowest BCUT2D eigenvalue weighted by atomic mass is 10.1. The summed E-state index contributed by atoms with van der Waals surface area (Å²) in [4.78, 5) is 17.2. The maximum atomic E-state index is 13.2. The van der Waals surface area contributed by atoms with E-state index in [1.807, 2.05) is 31.2 Å². The highest BCUT2D eigenvalue weighted by Crippen LogP contribution is 2.28. The fourth-order valence-electron chi connectivity index (χ4n) is 3.54. The van der Waals surface area contributed by atoms with E-state index in [1.54, 1.807) is 38.0 Å². The second kappa shape index (κ2) is 9.43. The van der Waals surface area contributed by atoms with Crippen molar-refractivity contribution in [3.63, 3.8) is 0 Å². The molecule has 0 radical (unpaired) electrons. The first kappa shape index (κ1) is 22.7. The van der Waals surface area contributed by atoms with E-state index < -0.39 is 10.0 Å². The van der Waals surface area contributed by atoms with Gasteiger partial charge in [0.25, 0.3) is 15.9 Å². The summed E-state index contributed by atoms with van der Waals surface area (Å²) in [6.07, 6.45) is 1.68. The van der Waals surface area contributed by atoms with E-state index in [9.17, 15) is 13.2 Å². The quantitative estimate of drug-likeness (QED) is 0.742. The summed E-state index contributed by atoms with van der Waals surface area (Å²) in [5.74, 6) is 0.650. The van der Waals surface area contributed by atoms with Gasteiger partial charge in [-0.15, -0.1) is 0 Å². The highest BCUT2D eigenvalue weighted by Gasteiger charge is 2.26. The highest BCUT2D eigenvalue weighted by molar-refractivity contribution is 7.89. The lowest BCUT2D eigenvalue weighted by molar-refractivity contribution is 0.0745. The second-order valence-electron chi connectivity index (χ2n) is 7.51. The number of allylic oxidation sites excluding steroid dienone is 2. The minimum Gasteiger partial charge on any atom is -0.495 e. The van der Waals surface area contributed by atoms with Gasteiger partial charge in [0.05, 0.1) is 17.7 Å². The van der Waals surface area contributed by atoms with Crippen molar-refractivity contribution in [2.45, 2.75) is 25.7 Å². The van der Waals surface area contributed by atoms with E-state index in [0.717, 1.165) is 17.0 Å². The Hall–Kier alpha value is -3.00. The van der Waals surface area contributed by atoms with Crippen molar-refractivity contribution in [1.29, 1.82) is 0 Å². The van der Waals surface area contributed by atoms with Crippen LogP contribution in [-0.4, -0.2) is 52.5 Å². The van der Waals surface area contributed by atoms with Crippen LogP contribution in [-0.2, 0) is 10.0 Å². The van der Waals surface area contributed by atoms with E-state index >= 15 is 0 Å². The number of sulfonamides is 1. The minimum absolute atomic E-state index is 0.0790. The summed E-state index contributed by atoms with van der Waals surface area (Å²) < 4.78 is 33.2. The van der Waals surface area contributed by atoms with Crippen molar-refractivity contribution >= 4 is 21.6 Å². The molecule has 1 aliphatic rings. The molecule has 0 spiro atoms. The fraction of sp³-hybridized carbons (Fsp3) is 0.348. The van der Waals surface area contributed by atoms with Crippen molar-refractivity contribution in [3.8, 4) is 5.75 Å². The summed E-state index contributed by atoms with van der Waals surface area (Å²) in [5.41, 5.74) is 2.69. The number of nitrogens with one attached hydrogen (secondary N) is 1. The summed E-state index contributed by atoms with van der Waals surface area (Å²) in [5, 5.41) is 0. The van der Waals surface area contributed by atoms with Crippen molar-refractivity contribution in [3.05, 3.63) is 65.4 Å². The van der Waals surface area contributed by atoms with Crippen LogP contribution >= 0.6 is 0 Å². The third kappa shape index (κ3) is 5.02. The lowest BCUT2D eigenvalue weighted by Crippen LogP contribution is -2.49. The number of ether oxygens (including phenoxy) is 1. The van der Waals surface area contributed by atoms with Gasteiger partial charge in [-0.3, -0.25) is 9.52 Å². The summed E-state index contributed by atoms with van der Waals surface area (Å²) >= 11 is 0. The van der Waals surface area contributed by atoms with Crippen LogP contribution in [0.15, 0.2) is 59.1 Å². The molecule has 1 fully saturated rings. The first-order valence-electron chi connectivity index (χ1n) is 10.2. The maximum absolute atomic E-state index is 13.2. The van der Waals surface area contributed by atoms with E-state index in [0.29, 0.717) is 37.4 Å². The second-order valence-corrected chi connectivity index (χ2v) is 9.19. The van der Waals surface area contributed by atoms with Gasteiger partial charge in [0.2, 0.25) is 0 Å². The Balaban J connectivity index is 1.77. The number of para-hydroxylation sites is 2. The molecule has 0 bridgehead atoms. The molecular formula is C23H29N3O4S. The van der Waals surface area contributed by atoms with Crippen molar-refractivity contribution in [1.82, 2.24) is 9.62 Å². The number of carbonyl (C=O) groups is 1. The van der Waals surface area contributed by atoms with Crippen molar-refractivity contribution in [2.24, 2.45) is 0 Å². The average molecular weight is 444 g/mol. The Morgan fingerprint density at radius 1 is 1.10 bits per heavy atom. The van der Waals surface area contributed by atoms with E-state index in [2.05, 4.69) is 9.62 Å². The molecule has 1 amide bonds. The minimum atomic E-state index is -3.74. The van der Waals surface area contributed by atoms with Gasteiger partial charge in [0.1, 0.15) is 5.75 Å².